The second kappa shape index (κ2) is 10.2. The van der Waals surface area contributed by atoms with Crippen LogP contribution in [0, 0.1) is 5.82 Å². The lowest BCUT2D eigenvalue weighted by atomic mass is 10.2. The summed E-state index contributed by atoms with van der Waals surface area (Å²) in [7, 11) is 3.34. The number of methoxy groups -OCH3 is 2. The van der Waals surface area contributed by atoms with E-state index >= 15 is 0 Å². The maximum absolute atomic E-state index is 13.2. The Morgan fingerprint density at radius 3 is 2.14 bits per heavy atom. The van der Waals surface area contributed by atoms with Crippen molar-refractivity contribution in [1.29, 1.82) is 0 Å². The molecule has 2 N–H and O–H groups in total. The molecule has 0 spiro atoms. The lowest BCUT2D eigenvalue weighted by Gasteiger charge is -2.37. The first kappa shape index (κ1) is 21.1. The van der Waals surface area contributed by atoms with E-state index in [0.29, 0.717) is 37.8 Å². The SMILES string of the molecule is COCCN(CCOC)c1ncnc(N2CCN(c3ccc(F)cc3)CC2)c1N. The molecule has 1 aliphatic rings. The van der Waals surface area contributed by atoms with Gasteiger partial charge in [-0.3, -0.25) is 0 Å². The van der Waals surface area contributed by atoms with Crippen molar-refractivity contribution in [2.45, 2.75) is 0 Å². The van der Waals surface area contributed by atoms with Gasteiger partial charge in [-0.15, -0.1) is 0 Å². The molecule has 9 heteroatoms. The van der Waals surface area contributed by atoms with Crippen molar-refractivity contribution in [3.8, 4) is 0 Å². The van der Waals surface area contributed by atoms with Crippen molar-refractivity contribution in [2.75, 3.05) is 87.1 Å². The topological polar surface area (TPSA) is 80.0 Å². The van der Waals surface area contributed by atoms with E-state index in [-0.39, 0.29) is 5.82 Å². The summed E-state index contributed by atoms with van der Waals surface area (Å²) < 4.78 is 23.6. The largest absolute Gasteiger partial charge is 0.393 e. The number of nitrogens with two attached hydrogens (primary N) is 1. The smallest absolute Gasteiger partial charge is 0.157 e. The van der Waals surface area contributed by atoms with Crippen LogP contribution in [0.4, 0.5) is 27.4 Å². The van der Waals surface area contributed by atoms with Gasteiger partial charge in [0.15, 0.2) is 11.6 Å². The van der Waals surface area contributed by atoms with E-state index < -0.39 is 0 Å². The normalized spacial score (nSPS) is 14.3. The Labute approximate surface area is 171 Å². The lowest BCUT2D eigenvalue weighted by molar-refractivity contribution is 0.190. The van der Waals surface area contributed by atoms with Crippen molar-refractivity contribution in [3.05, 3.63) is 36.4 Å². The van der Waals surface area contributed by atoms with E-state index in [1.54, 1.807) is 20.5 Å². The molecule has 0 radical (unpaired) electrons. The molecule has 0 aliphatic carbocycles. The minimum atomic E-state index is -0.222. The molecule has 0 unspecified atom stereocenters. The van der Waals surface area contributed by atoms with Gasteiger partial charge in [0.05, 0.1) is 13.2 Å². The molecule has 3 rings (SSSR count). The van der Waals surface area contributed by atoms with Gasteiger partial charge in [0, 0.05) is 59.2 Å². The number of halogens is 1. The summed E-state index contributed by atoms with van der Waals surface area (Å²) in [4.78, 5) is 15.3. The van der Waals surface area contributed by atoms with Gasteiger partial charge in [-0.25, -0.2) is 14.4 Å². The summed E-state index contributed by atoms with van der Waals surface area (Å²) in [6.07, 6.45) is 1.56. The van der Waals surface area contributed by atoms with E-state index in [4.69, 9.17) is 15.2 Å². The van der Waals surface area contributed by atoms with Gasteiger partial charge >= 0.3 is 0 Å². The number of ether oxygens (including phenoxy) is 2. The molecule has 1 aromatic heterocycles. The number of hydrogen-bond donors (Lipinski definition) is 1. The highest BCUT2D eigenvalue weighted by atomic mass is 19.1. The Hall–Kier alpha value is -2.65. The molecule has 1 fully saturated rings. The van der Waals surface area contributed by atoms with Crippen LogP contribution in [-0.4, -0.2) is 76.7 Å². The average molecular weight is 404 g/mol. The van der Waals surface area contributed by atoms with Gasteiger partial charge in [-0.1, -0.05) is 0 Å². The molecule has 2 heterocycles. The predicted octanol–water partition coefficient (Wildman–Crippen LogP) is 1.62. The molecule has 1 aromatic carbocycles. The standard InChI is InChI=1S/C20H29FN6O2/c1-28-13-11-27(12-14-29-2)20-18(22)19(23-15-24-20)26-9-7-25(8-10-26)17-5-3-16(21)4-6-17/h3-6,15H,7-14,22H2,1-2H3. The molecular formula is C20H29FN6O2. The zero-order chi connectivity index (χ0) is 20.6. The second-order valence-electron chi connectivity index (χ2n) is 6.86. The quantitative estimate of drug-likeness (QED) is 0.676. The fraction of sp³-hybridized carbons (Fsp3) is 0.500. The summed E-state index contributed by atoms with van der Waals surface area (Å²) >= 11 is 0. The van der Waals surface area contributed by atoms with Crippen molar-refractivity contribution < 1.29 is 13.9 Å². The number of rotatable bonds is 9. The molecule has 0 atom stereocenters. The summed E-state index contributed by atoms with van der Waals surface area (Å²) in [6, 6.07) is 6.60. The Bertz CT molecular complexity index is 760. The van der Waals surface area contributed by atoms with E-state index in [0.717, 1.165) is 37.7 Å². The molecule has 0 amide bonds. The first-order chi connectivity index (χ1) is 14.1. The third kappa shape index (κ3) is 5.24. The molecule has 8 nitrogen and oxygen atoms in total. The Morgan fingerprint density at radius 2 is 1.55 bits per heavy atom. The first-order valence-corrected chi connectivity index (χ1v) is 9.72. The van der Waals surface area contributed by atoms with E-state index in [1.165, 1.54) is 12.1 Å². The van der Waals surface area contributed by atoms with Crippen LogP contribution in [0.15, 0.2) is 30.6 Å². The number of piperazine rings is 1. The highest BCUT2D eigenvalue weighted by molar-refractivity contribution is 5.76. The van der Waals surface area contributed by atoms with Crippen molar-refractivity contribution in [1.82, 2.24) is 9.97 Å². The maximum Gasteiger partial charge on any atom is 0.157 e. The van der Waals surface area contributed by atoms with Crippen molar-refractivity contribution in [2.24, 2.45) is 0 Å². The minimum Gasteiger partial charge on any atom is -0.393 e. The zero-order valence-electron chi connectivity index (χ0n) is 17.1. The van der Waals surface area contributed by atoms with Crippen LogP contribution in [0.2, 0.25) is 0 Å². The Balaban J connectivity index is 1.71. The third-order valence-corrected chi connectivity index (χ3v) is 5.04. The van der Waals surface area contributed by atoms with Crippen LogP contribution in [0.3, 0.4) is 0 Å². The molecular weight excluding hydrogens is 375 g/mol. The summed E-state index contributed by atoms with van der Waals surface area (Å²) in [5.74, 6) is 1.22. The Morgan fingerprint density at radius 1 is 0.966 bits per heavy atom. The molecule has 29 heavy (non-hydrogen) atoms. The van der Waals surface area contributed by atoms with Crippen LogP contribution >= 0.6 is 0 Å². The number of aromatic nitrogens is 2. The molecule has 0 saturated carbocycles. The summed E-state index contributed by atoms with van der Waals surface area (Å²) in [5, 5.41) is 0. The number of nitrogen functional groups attached to an aromatic ring is 1. The molecule has 158 valence electrons. The molecule has 1 aliphatic heterocycles. The minimum absolute atomic E-state index is 0.222. The highest BCUT2D eigenvalue weighted by Gasteiger charge is 2.23. The van der Waals surface area contributed by atoms with E-state index in [2.05, 4.69) is 24.7 Å². The fourth-order valence-electron chi connectivity index (χ4n) is 3.44. The first-order valence-electron chi connectivity index (χ1n) is 9.72. The molecule has 0 bridgehead atoms. The van der Waals surface area contributed by atoms with Crippen LogP contribution in [-0.2, 0) is 9.47 Å². The number of anilines is 4. The fourth-order valence-corrected chi connectivity index (χ4v) is 3.44. The molecule has 2 aromatic rings. The van der Waals surface area contributed by atoms with Crippen LogP contribution in [0.1, 0.15) is 0 Å². The van der Waals surface area contributed by atoms with Gasteiger partial charge in [0.1, 0.15) is 17.8 Å². The predicted molar refractivity (Wildman–Crippen MR) is 113 cm³/mol. The van der Waals surface area contributed by atoms with Crippen LogP contribution in [0.5, 0.6) is 0 Å². The number of nitrogens with zero attached hydrogens (tertiary/aromatic N) is 5. The average Bonchev–Trinajstić information content (AvgIpc) is 2.75. The van der Waals surface area contributed by atoms with Gasteiger partial charge in [-0.2, -0.15) is 0 Å². The number of benzene rings is 1. The third-order valence-electron chi connectivity index (χ3n) is 5.04. The van der Waals surface area contributed by atoms with E-state index in [9.17, 15) is 4.39 Å². The number of hydrogen-bond acceptors (Lipinski definition) is 8. The highest BCUT2D eigenvalue weighted by Crippen LogP contribution is 2.30. The van der Waals surface area contributed by atoms with Gasteiger partial charge in [0.2, 0.25) is 0 Å². The van der Waals surface area contributed by atoms with Gasteiger partial charge in [-0.05, 0) is 24.3 Å². The Kier molecular flexibility index (Phi) is 7.42. The molecule has 1 saturated heterocycles. The zero-order valence-corrected chi connectivity index (χ0v) is 17.1. The van der Waals surface area contributed by atoms with Crippen molar-refractivity contribution in [3.63, 3.8) is 0 Å². The summed E-state index contributed by atoms with van der Waals surface area (Å²) in [6.45, 7) is 5.63. The van der Waals surface area contributed by atoms with Crippen LogP contribution < -0.4 is 20.4 Å². The van der Waals surface area contributed by atoms with Crippen LogP contribution in [0.25, 0.3) is 0 Å². The van der Waals surface area contributed by atoms with Gasteiger partial charge in [0.25, 0.3) is 0 Å². The van der Waals surface area contributed by atoms with Crippen molar-refractivity contribution >= 4 is 23.0 Å². The monoisotopic (exact) mass is 404 g/mol. The maximum atomic E-state index is 13.2. The van der Waals surface area contributed by atoms with E-state index in [1.807, 2.05) is 12.1 Å². The van der Waals surface area contributed by atoms with Gasteiger partial charge < -0.3 is 29.9 Å². The lowest BCUT2D eigenvalue weighted by Crippen LogP contribution is -2.47. The second-order valence-corrected chi connectivity index (χ2v) is 6.86. The summed E-state index contributed by atoms with van der Waals surface area (Å²) in [5.41, 5.74) is 8.06.